The summed E-state index contributed by atoms with van der Waals surface area (Å²) in [5.74, 6) is -0.639. The number of ether oxygens (including phenoxy) is 1. The molecular weight excluding hydrogens is 178 g/mol. The Labute approximate surface area is 73.1 Å². The van der Waals surface area contributed by atoms with Gasteiger partial charge in [-0.1, -0.05) is 11.2 Å². The zero-order chi connectivity index (χ0) is 8.97. The Kier molecular flexibility index (Phi) is 2.82. The number of hydrogen-bond donors (Lipinski definition) is 1. The monoisotopic (exact) mass is 185 g/mol. The molecule has 0 bridgehead atoms. The van der Waals surface area contributed by atoms with Crippen LogP contribution in [0.4, 0.5) is 0 Å². The lowest BCUT2D eigenvalue weighted by molar-refractivity contribution is -0.132. The summed E-state index contributed by atoms with van der Waals surface area (Å²) in [6.45, 7) is 0. The lowest BCUT2D eigenvalue weighted by atomic mass is 10.3. The molecule has 0 aliphatic heterocycles. The number of methoxy groups -OCH3 is 1. The standard InChI is InChI=1S/C7H7NO3S/c1-11-7(9)6(8-10)5-3-2-4-12-5/h2-4,10H,1H3. The molecule has 0 fully saturated rings. The molecule has 1 aromatic rings. The summed E-state index contributed by atoms with van der Waals surface area (Å²) in [5, 5.41) is 13.1. The Morgan fingerprint density at radius 3 is 2.92 bits per heavy atom. The summed E-state index contributed by atoms with van der Waals surface area (Å²) >= 11 is 1.31. The maximum Gasteiger partial charge on any atom is 0.361 e. The van der Waals surface area contributed by atoms with Crippen LogP contribution >= 0.6 is 11.3 Å². The molecular formula is C7H7NO3S. The van der Waals surface area contributed by atoms with Crippen molar-refractivity contribution in [1.29, 1.82) is 0 Å². The summed E-state index contributed by atoms with van der Waals surface area (Å²) in [6.07, 6.45) is 0. The lowest BCUT2D eigenvalue weighted by Crippen LogP contribution is -2.15. The summed E-state index contributed by atoms with van der Waals surface area (Å²) in [4.78, 5) is 11.5. The Morgan fingerprint density at radius 1 is 1.75 bits per heavy atom. The first-order valence-electron chi connectivity index (χ1n) is 3.14. The number of carbonyl (C=O) groups excluding carboxylic acids is 1. The summed E-state index contributed by atoms with van der Waals surface area (Å²) in [6, 6.07) is 3.44. The minimum absolute atomic E-state index is 0.0625. The highest BCUT2D eigenvalue weighted by Gasteiger charge is 2.15. The van der Waals surface area contributed by atoms with Crippen molar-refractivity contribution in [3.8, 4) is 0 Å². The van der Waals surface area contributed by atoms with Crippen molar-refractivity contribution in [3.05, 3.63) is 22.4 Å². The number of thiophene rings is 1. The fraction of sp³-hybridized carbons (Fsp3) is 0.143. The summed E-state index contributed by atoms with van der Waals surface area (Å²) in [7, 11) is 1.24. The van der Waals surface area contributed by atoms with E-state index in [0.29, 0.717) is 4.88 Å². The van der Waals surface area contributed by atoms with Crippen LogP contribution in [-0.2, 0) is 9.53 Å². The number of esters is 1. The summed E-state index contributed by atoms with van der Waals surface area (Å²) in [5.41, 5.74) is -0.0625. The molecule has 0 aromatic carbocycles. The third-order valence-electron chi connectivity index (χ3n) is 1.23. The van der Waals surface area contributed by atoms with Crippen LogP contribution in [0.1, 0.15) is 4.88 Å². The Bertz CT molecular complexity index is 292. The van der Waals surface area contributed by atoms with Gasteiger partial charge in [-0.05, 0) is 11.4 Å². The van der Waals surface area contributed by atoms with E-state index >= 15 is 0 Å². The largest absolute Gasteiger partial charge is 0.464 e. The van der Waals surface area contributed by atoms with E-state index in [4.69, 9.17) is 5.21 Å². The second-order valence-electron chi connectivity index (χ2n) is 1.92. The predicted octanol–water partition coefficient (Wildman–Crippen LogP) is 1.10. The van der Waals surface area contributed by atoms with Crippen molar-refractivity contribution in [3.63, 3.8) is 0 Å². The zero-order valence-corrected chi connectivity index (χ0v) is 7.17. The molecule has 1 rings (SSSR count). The van der Waals surface area contributed by atoms with E-state index in [-0.39, 0.29) is 5.71 Å². The molecule has 1 N–H and O–H groups in total. The molecule has 0 amide bonds. The molecule has 0 saturated carbocycles. The molecule has 0 aliphatic carbocycles. The number of carbonyl (C=O) groups is 1. The maximum absolute atomic E-state index is 10.9. The summed E-state index contributed by atoms with van der Waals surface area (Å²) < 4.78 is 4.40. The fourth-order valence-electron chi connectivity index (χ4n) is 0.701. The minimum Gasteiger partial charge on any atom is -0.464 e. The first kappa shape index (κ1) is 8.73. The second-order valence-corrected chi connectivity index (χ2v) is 2.87. The van der Waals surface area contributed by atoms with E-state index in [1.807, 2.05) is 0 Å². The normalized spacial score (nSPS) is 11.2. The average Bonchev–Trinajstić information content (AvgIpc) is 2.58. The third-order valence-corrected chi connectivity index (χ3v) is 2.11. The minimum atomic E-state index is -0.639. The average molecular weight is 185 g/mol. The molecule has 4 nitrogen and oxygen atoms in total. The van der Waals surface area contributed by atoms with Gasteiger partial charge >= 0.3 is 5.97 Å². The van der Waals surface area contributed by atoms with Crippen molar-refractivity contribution in [1.82, 2.24) is 0 Å². The molecule has 1 heterocycles. The van der Waals surface area contributed by atoms with Crippen LogP contribution in [0.3, 0.4) is 0 Å². The molecule has 12 heavy (non-hydrogen) atoms. The van der Waals surface area contributed by atoms with Crippen LogP contribution in [0.5, 0.6) is 0 Å². The molecule has 1 aromatic heterocycles. The molecule has 0 saturated heterocycles. The first-order chi connectivity index (χ1) is 5.79. The number of hydrogen-bond acceptors (Lipinski definition) is 5. The van der Waals surface area contributed by atoms with E-state index in [2.05, 4.69) is 9.89 Å². The van der Waals surface area contributed by atoms with Gasteiger partial charge in [0.15, 0.2) is 0 Å². The van der Waals surface area contributed by atoms with Gasteiger partial charge in [-0.2, -0.15) is 0 Å². The van der Waals surface area contributed by atoms with E-state index in [9.17, 15) is 4.79 Å². The Hall–Kier alpha value is -1.36. The molecule has 0 unspecified atom stereocenters. The third kappa shape index (κ3) is 1.62. The highest BCUT2D eigenvalue weighted by molar-refractivity contribution is 7.13. The SMILES string of the molecule is COC(=O)C(=NO)c1cccs1. The van der Waals surface area contributed by atoms with Crippen LogP contribution in [0, 0.1) is 0 Å². The van der Waals surface area contributed by atoms with Gasteiger partial charge in [0.05, 0.1) is 12.0 Å². The lowest BCUT2D eigenvalue weighted by Gasteiger charge is -1.97. The molecule has 0 atom stereocenters. The molecule has 0 radical (unpaired) electrons. The fourth-order valence-corrected chi connectivity index (χ4v) is 1.40. The van der Waals surface area contributed by atoms with Crippen LogP contribution in [0.2, 0.25) is 0 Å². The first-order valence-corrected chi connectivity index (χ1v) is 4.01. The van der Waals surface area contributed by atoms with Gasteiger partial charge in [-0.3, -0.25) is 0 Å². The van der Waals surface area contributed by atoms with Crippen molar-refractivity contribution >= 4 is 23.0 Å². The van der Waals surface area contributed by atoms with Gasteiger partial charge in [0.2, 0.25) is 5.71 Å². The maximum atomic E-state index is 10.9. The predicted molar refractivity (Wildman–Crippen MR) is 44.7 cm³/mol. The van der Waals surface area contributed by atoms with Gasteiger partial charge in [0, 0.05) is 0 Å². The van der Waals surface area contributed by atoms with E-state index in [1.54, 1.807) is 17.5 Å². The van der Waals surface area contributed by atoms with Gasteiger partial charge in [0.25, 0.3) is 0 Å². The van der Waals surface area contributed by atoms with Crippen molar-refractivity contribution in [2.24, 2.45) is 5.16 Å². The van der Waals surface area contributed by atoms with Crippen molar-refractivity contribution in [2.45, 2.75) is 0 Å². The molecule has 64 valence electrons. The van der Waals surface area contributed by atoms with Gasteiger partial charge in [-0.25, -0.2) is 4.79 Å². The zero-order valence-electron chi connectivity index (χ0n) is 6.35. The van der Waals surface area contributed by atoms with Crippen LogP contribution in [0.15, 0.2) is 22.7 Å². The van der Waals surface area contributed by atoms with E-state index < -0.39 is 5.97 Å². The number of nitrogens with zero attached hydrogens (tertiary/aromatic N) is 1. The highest BCUT2D eigenvalue weighted by Crippen LogP contribution is 2.10. The van der Waals surface area contributed by atoms with Crippen LogP contribution in [0.25, 0.3) is 0 Å². The number of oxime groups is 1. The molecule has 0 spiro atoms. The second kappa shape index (κ2) is 3.87. The molecule has 0 aliphatic rings. The molecule has 5 heteroatoms. The Morgan fingerprint density at radius 2 is 2.50 bits per heavy atom. The van der Waals surface area contributed by atoms with Crippen LogP contribution < -0.4 is 0 Å². The van der Waals surface area contributed by atoms with E-state index in [1.165, 1.54) is 18.4 Å². The number of rotatable bonds is 2. The van der Waals surface area contributed by atoms with Crippen LogP contribution in [-0.4, -0.2) is 24.0 Å². The Balaban J connectivity index is 2.93. The van der Waals surface area contributed by atoms with E-state index in [0.717, 1.165) is 0 Å². The highest BCUT2D eigenvalue weighted by atomic mass is 32.1. The topological polar surface area (TPSA) is 58.9 Å². The van der Waals surface area contributed by atoms with Gasteiger partial charge < -0.3 is 9.94 Å². The smallest absolute Gasteiger partial charge is 0.361 e. The van der Waals surface area contributed by atoms with Gasteiger partial charge in [0.1, 0.15) is 0 Å². The van der Waals surface area contributed by atoms with Crippen molar-refractivity contribution < 1.29 is 14.7 Å². The van der Waals surface area contributed by atoms with Gasteiger partial charge in [-0.15, -0.1) is 11.3 Å². The quantitative estimate of drug-likeness (QED) is 0.325. The van der Waals surface area contributed by atoms with Crippen molar-refractivity contribution in [2.75, 3.05) is 7.11 Å².